The van der Waals surface area contributed by atoms with E-state index >= 15 is 0 Å². The van der Waals surface area contributed by atoms with E-state index in [1.54, 1.807) is 23.1 Å². The molecule has 2 aromatic carbocycles. The number of thioether (sulfide) groups is 1. The maximum absolute atomic E-state index is 11.1. The van der Waals surface area contributed by atoms with Gasteiger partial charge in [-0.3, -0.25) is 9.11 Å². The highest BCUT2D eigenvalue weighted by molar-refractivity contribution is 8.03. The topological polar surface area (TPSA) is 116 Å². The Morgan fingerprint density at radius 1 is 0.952 bits per heavy atom. The lowest BCUT2D eigenvalue weighted by Crippen LogP contribution is -2.35. The molecule has 0 atom stereocenters. The van der Waals surface area contributed by atoms with Gasteiger partial charge < -0.3 is 4.90 Å². The second-order valence-electron chi connectivity index (χ2n) is 9.80. The third-order valence-corrected chi connectivity index (χ3v) is 10.8. The molecule has 0 saturated carbocycles. The average molecular weight is 691 g/mol. The van der Waals surface area contributed by atoms with Crippen molar-refractivity contribution < 1.29 is 30.5 Å². The number of unbranched alkanes of at least 4 members (excludes halogenated alkanes) is 2. The molecule has 14 heteroatoms. The van der Waals surface area contributed by atoms with E-state index in [-0.39, 0.29) is 11.5 Å². The fourth-order valence-corrected chi connectivity index (χ4v) is 8.04. The van der Waals surface area contributed by atoms with Gasteiger partial charge in [0.15, 0.2) is 6.54 Å². The van der Waals surface area contributed by atoms with Gasteiger partial charge in [-0.1, -0.05) is 64.0 Å². The third kappa shape index (κ3) is 9.55. The molecule has 1 aliphatic heterocycles. The van der Waals surface area contributed by atoms with Crippen LogP contribution in [0.3, 0.4) is 0 Å². The van der Waals surface area contributed by atoms with Crippen molar-refractivity contribution in [2.75, 3.05) is 23.0 Å². The van der Waals surface area contributed by atoms with E-state index in [2.05, 4.69) is 9.47 Å². The van der Waals surface area contributed by atoms with E-state index < -0.39 is 20.2 Å². The molecule has 0 aliphatic carbocycles. The normalized spacial score (nSPS) is 15.4. The first-order valence-electron chi connectivity index (χ1n) is 13.1. The van der Waals surface area contributed by atoms with Crippen LogP contribution in [0.1, 0.15) is 37.6 Å². The minimum absolute atomic E-state index is 0.274. The van der Waals surface area contributed by atoms with Crippen LogP contribution in [-0.2, 0) is 26.8 Å². The van der Waals surface area contributed by atoms with E-state index in [1.165, 1.54) is 0 Å². The standard InChI is InChI=1S/C28H30Cl2N2O6S4/c1-20(6-12-27-31(14-2-4-16-41(33,34)35)23-18-21(29)8-10-25(23)39-27)7-13-28-32(15-3-5-17-42(36,37)38)24-19-22(30)9-11-26(24)40-28/h6-13,18-19H,2-5,14-17H2,1H3,(H-,33,34,35,36,37,38)/p+1. The number of aryl methyl sites for hydroxylation is 1. The summed E-state index contributed by atoms with van der Waals surface area (Å²) in [6.07, 6.45) is 9.91. The van der Waals surface area contributed by atoms with Crippen molar-refractivity contribution in [2.45, 2.75) is 44.0 Å². The highest BCUT2D eigenvalue weighted by Crippen LogP contribution is 2.47. The van der Waals surface area contributed by atoms with Gasteiger partial charge in [0.25, 0.3) is 25.2 Å². The lowest BCUT2D eigenvalue weighted by atomic mass is 10.2. The third-order valence-electron chi connectivity index (χ3n) is 6.43. The molecule has 0 amide bonds. The molecule has 226 valence electrons. The van der Waals surface area contributed by atoms with Gasteiger partial charge in [0.2, 0.25) is 5.52 Å². The summed E-state index contributed by atoms with van der Waals surface area (Å²) in [5.74, 6) is -0.548. The number of thiazole rings is 1. The van der Waals surface area contributed by atoms with Crippen LogP contribution in [0.2, 0.25) is 10.0 Å². The molecule has 0 spiro atoms. The zero-order valence-electron chi connectivity index (χ0n) is 22.7. The van der Waals surface area contributed by atoms with Crippen LogP contribution >= 0.6 is 46.3 Å². The number of rotatable bonds is 13. The Morgan fingerprint density at radius 2 is 1.62 bits per heavy atom. The molecular formula is C28H31Cl2N2O6S4+. The molecule has 1 aliphatic rings. The van der Waals surface area contributed by atoms with Gasteiger partial charge in [0.05, 0.1) is 22.2 Å². The number of benzene rings is 2. The summed E-state index contributed by atoms with van der Waals surface area (Å²) in [6, 6.07) is 11.4. The molecule has 1 aromatic heterocycles. The van der Waals surface area contributed by atoms with Crippen LogP contribution in [0.5, 0.6) is 0 Å². The highest BCUT2D eigenvalue weighted by atomic mass is 35.5. The summed E-state index contributed by atoms with van der Waals surface area (Å²) in [7, 11) is -7.99. The molecule has 42 heavy (non-hydrogen) atoms. The molecule has 0 bridgehead atoms. The van der Waals surface area contributed by atoms with Crippen molar-refractivity contribution in [3.05, 3.63) is 80.3 Å². The van der Waals surface area contributed by atoms with E-state index in [9.17, 15) is 16.8 Å². The average Bonchev–Trinajstić information content (AvgIpc) is 3.42. The van der Waals surface area contributed by atoms with Crippen molar-refractivity contribution in [3.63, 3.8) is 0 Å². The van der Waals surface area contributed by atoms with Crippen molar-refractivity contribution >= 4 is 88.5 Å². The molecule has 8 nitrogen and oxygen atoms in total. The monoisotopic (exact) mass is 689 g/mol. The maximum atomic E-state index is 11.1. The number of nitrogens with zero attached hydrogens (tertiary/aromatic N) is 2. The second-order valence-corrected chi connectivity index (χ2v) is 15.9. The number of hydrogen-bond donors (Lipinski definition) is 2. The quantitative estimate of drug-likeness (QED) is 0.0835. The van der Waals surface area contributed by atoms with Crippen molar-refractivity contribution in [3.8, 4) is 0 Å². The number of fused-ring (bicyclic) bond motifs is 2. The number of allylic oxidation sites excluding steroid dienone is 4. The zero-order valence-corrected chi connectivity index (χ0v) is 27.5. The van der Waals surface area contributed by atoms with Gasteiger partial charge in [-0.2, -0.15) is 21.4 Å². The molecule has 3 aromatic rings. The van der Waals surface area contributed by atoms with Crippen LogP contribution in [0.4, 0.5) is 5.69 Å². The molecule has 0 radical (unpaired) electrons. The Kier molecular flexibility index (Phi) is 11.2. The molecule has 4 rings (SSSR count). The van der Waals surface area contributed by atoms with Gasteiger partial charge in [-0.15, -0.1) is 0 Å². The second kappa shape index (κ2) is 14.3. The first kappa shape index (κ1) is 33.0. The van der Waals surface area contributed by atoms with Gasteiger partial charge in [0, 0.05) is 40.0 Å². The Labute approximate surface area is 264 Å². The van der Waals surface area contributed by atoms with Crippen LogP contribution < -0.4 is 9.47 Å². The Bertz CT molecular complexity index is 1770. The van der Waals surface area contributed by atoms with Gasteiger partial charge in [-0.25, -0.2) is 0 Å². The molecule has 0 fully saturated rings. The SMILES string of the molecule is CC(C=Cc1sc2ccc(Cl)cc2[n+]1CCCCS(=O)(=O)O)=CC=C1Sc2ccc(Cl)cc2N1CCCCS(=O)(=O)O. The summed E-state index contributed by atoms with van der Waals surface area (Å²) in [5.41, 5.74) is 2.93. The van der Waals surface area contributed by atoms with E-state index in [0.717, 1.165) is 36.4 Å². The first-order valence-corrected chi connectivity index (χ1v) is 18.7. The number of hydrogen-bond acceptors (Lipinski definition) is 7. The summed E-state index contributed by atoms with van der Waals surface area (Å²) in [4.78, 5) is 3.17. The minimum Gasteiger partial charge on any atom is -0.335 e. The molecule has 2 heterocycles. The van der Waals surface area contributed by atoms with Gasteiger partial charge in [-0.05, 0) is 62.6 Å². The molecule has 0 unspecified atom stereocenters. The lowest BCUT2D eigenvalue weighted by molar-refractivity contribution is -0.669. The predicted molar refractivity (Wildman–Crippen MR) is 174 cm³/mol. The van der Waals surface area contributed by atoms with Crippen LogP contribution in [-0.4, -0.2) is 44.0 Å². The maximum Gasteiger partial charge on any atom is 0.264 e. The van der Waals surface area contributed by atoms with Crippen LogP contribution in [0, 0.1) is 0 Å². The predicted octanol–water partition coefficient (Wildman–Crippen LogP) is 7.24. The fraction of sp³-hybridized carbons (Fsp3) is 0.321. The van der Waals surface area contributed by atoms with Crippen molar-refractivity contribution in [1.82, 2.24) is 0 Å². The first-order chi connectivity index (χ1) is 19.8. The van der Waals surface area contributed by atoms with E-state index in [1.807, 2.05) is 67.6 Å². The Morgan fingerprint density at radius 3 is 2.33 bits per heavy atom. The minimum atomic E-state index is -4.00. The highest BCUT2D eigenvalue weighted by Gasteiger charge is 2.25. The molecular weight excluding hydrogens is 659 g/mol. The summed E-state index contributed by atoms with van der Waals surface area (Å²) < 4.78 is 65.8. The summed E-state index contributed by atoms with van der Waals surface area (Å²) >= 11 is 15.7. The summed E-state index contributed by atoms with van der Waals surface area (Å²) in [6.45, 7) is 3.15. The lowest BCUT2D eigenvalue weighted by Gasteiger charge is -2.20. The van der Waals surface area contributed by atoms with Crippen LogP contribution in [0.25, 0.3) is 16.3 Å². The number of halogens is 2. The summed E-state index contributed by atoms with van der Waals surface area (Å²) in [5, 5.41) is 3.20. The van der Waals surface area contributed by atoms with E-state index in [4.69, 9.17) is 32.3 Å². The Hall–Kier alpha value is -1.90. The van der Waals surface area contributed by atoms with Gasteiger partial charge in [0.1, 0.15) is 4.70 Å². The number of anilines is 1. The molecule has 2 N–H and O–H groups in total. The molecule has 0 saturated heterocycles. The zero-order chi connectivity index (χ0) is 30.5. The van der Waals surface area contributed by atoms with Crippen LogP contribution in [0.15, 0.2) is 70.1 Å². The Balaban J connectivity index is 1.53. The van der Waals surface area contributed by atoms with E-state index in [0.29, 0.717) is 48.8 Å². The smallest absolute Gasteiger partial charge is 0.264 e. The van der Waals surface area contributed by atoms with Crippen molar-refractivity contribution in [2.24, 2.45) is 0 Å². The fourth-order valence-electron chi connectivity index (χ4n) is 4.43. The largest absolute Gasteiger partial charge is 0.335 e. The van der Waals surface area contributed by atoms with Crippen molar-refractivity contribution in [1.29, 1.82) is 0 Å². The van der Waals surface area contributed by atoms with Gasteiger partial charge >= 0.3 is 0 Å². The number of aromatic nitrogens is 1.